The van der Waals surface area contributed by atoms with Crippen LogP contribution < -0.4 is 16.6 Å². The molecule has 1 aromatic carbocycles. The standard InChI is InChI=1S/C19H14N4O4S/c1-10-2-3-11(14-4-5-15(27-14)16(20)24)8-13(10)22-17(25)12-9-21-19-23(18(12)26)6-7-28-19/h2-9H,1H3,(H2,20,24)(H,22,25). The number of benzene rings is 1. The summed E-state index contributed by atoms with van der Waals surface area (Å²) in [5.41, 5.74) is 6.67. The summed E-state index contributed by atoms with van der Waals surface area (Å²) in [4.78, 5) is 41.0. The number of hydrogen-bond acceptors (Lipinski definition) is 6. The number of nitrogens with zero attached hydrogens (tertiary/aromatic N) is 2. The number of anilines is 1. The summed E-state index contributed by atoms with van der Waals surface area (Å²) in [5.74, 6) is -0.741. The molecular weight excluding hydrogens is 380 g/mol. The smallest absolute Gasteiger partial charge is 0.284 e. The van der Waals surface area contributed by atoms with Crippen molar-refractivity contribution >= 4 is 33.8 Å². The lowest BCUT2D eigenvalue weighted by Gasteiger charge is -2.10. The van der Waals surface area contributed by atoms with Crippen LogP contribution in [0.3, 0.4) is 0 Å². The van der Waals surface area contributed by atoms with Gasteiger partial charge in [-0.2, -0.15) is 0 Å². The first-order valence-corrected chi connectivity index (χ1v) is 9.09. The first kappa shape index (κ1) is 17.7. The van der Waals surface area contributed by atoms with Gasteiger partial charge in [-0.1, -0.05) is 12.1 Å². The fraction of sp³-hybridized carbons (Fsp3) is 0.0526. The summed E-state index contributed by atoms with van der Waals surface area (Å²) in [7, 11) is 0. The Morgan fingerprint density at radius 3 is 2.82 bits per heavy atom. The van der Waals surface area contributed by atoms with Crippen LogP contribution in [-0.4, -0.2) is 21.2 Å². The van der Waals surface area contributed by atoms with Gasteiger partial charge in [0.05, 0.1) is 0 Å². The van der Waals surface area contributed by atoms with Crippen LogP contribution in [0.2, 0.25) is 0 Å². The van der Waals surface area contributed by atoms with Gasteiger partial charge < -0.3 is 15.5 Å². The van der Waals surface area contributed by atoms with Crippen LogP contribution in [0.1, 0.15) is 26.5 Å². The molecule has 0 fully saturated rings. The number of aromatic nitrogens is 2. The SMILES string of the molecule is Cc1ccc(-c2ccc(C(N)=O)o2)cc1NC(=O)c1cnc2sccn2c1=O. The van der Waals surface area contributed by atoms with E-state index in [9.17, 15) is 14.4 Å². The number of amides is 2. The van der Waals surface area contributed by atoms with Crippen molar-refractivity contribution in [2.45, 2.75) is 6.92 Å². The van der Waals surface area contributed by atoms with E-state index in [1.54, 1.807) is 35.8 Å². The summed E-state index contributed by atoms with van der Waals surface area (Å²) < 4.78 is 6.76. The zero-order chi connectivity index (χ0) is 19.8. The molecule has 2 amide bonds. The number of primary amides is 1. The monoisotopic (exact) mass is 394 g/mol. The van der Waals surface area contributed by atoms with Crippen LogP contribution in [0.4, 0.5) is 5.69 Å². The molecule has 9 heteroatoms. The summed E-state index contributed by atoms with van der Waals surface area (Å²) in [6.07, 6.45) is 2.85. The summed E-state index contributed by atoms with van der Waals surface area (Å²) in [5, 5.41) is 4.47. The minimum absolute atomic E-state index is 0.0457. The Labute approximate surface area is 162 Å². The molecule has 3 aromatic heterocycles. The highest BCUT2D eigenvalue weighted by molar-refractivity contribution is 7.15. The average molecular weight is 394 g/mol. The molecule has 0 saturated carbocycles. The van der Waals surface area contributed by atoms with Gasteiger partial charge in [-0.3, -0.25) is 18.8 Å². The molecule has 0 aliphatic carbocycles. The van der Waals surface area contributed by atoms with Crippen LogP contribution >= 0.6 is 11.3 Å². The summed E-state index contributed by atoms with van der Waals surface area (Å²) in [6.45, 7) is 1.82. The van der Waals surface area contributed by atoms with Gasteiger partial charge in [0, 0.05) is 29.0 Å². The molecular formula is C19H14N4O4S. The second kappa shape index (κ2) is 6.78. The number of nitrogens with one attached hydrogen (secondary N) is 1. The highest BCUT2D eigenvalue weighted by atomic mass is 32.1. The van der Waals surface area contributed by atoms with E-state index in [4.69, 9.17) is 10.2 Å². The molecule has 0 saturated heterocycles. The average Bonchev–Trinajstić information content (AvgIpc) is 3.33. The molecule has 0 radical (unpaired) electrons. The van der Waals surface area contributed by atoms with Crippen molar-refractivity contribution in [3.05, 3.63) is 75.3 Å². The summed E-state index contributed by atoms with van der Waals surface area (Å²) in [6, 6.07) is 8.40. The van der Waals surface area contributed by atoms with Gasteiger partial charge >= 0.3 is 0 Å². The van der Waals surface area contributed by atoms with Crippen molar-refractivity contribution in [2.24, 2.45) is 5.73 Å². The molecule has 0 unspecified atom stereocenters. The largest absolute Gasteiger partial charge is 0.451 e. The number of carbonyl (C=O) groups excluding carboxylic acids is 2. The number of thiazole rings is 1. The Kier molecular flexibility index (Phi) is 4.28. The van der Waals surface area contributed by atoms with Crippen LogP contribution in [0.15, 0.2) is 57.3 Å². The number of carbonyl (C=O) groups is 2. The highest BCUT2D eigenvalue weighted by Crippen LogP contribution is 2.27. The third kappa shape index (κ3) is 3.08. The number of fused-ring (bicyclic) bond motifs is 1. The number of nitrogens with two attached hydrogens (primary N) is 1. The van der Waals surface area contributed by atoms with Crippen molar-refractivity contribution in [2.75, 3.05) is 5.32 Å². The van der Waals surface area contributed by atoms with Crippen LogP contribution in [0, 0.1) is 6.92 Å². The molecule has 8 nitrogen and oxygen atoms in total. The lowest BCUT2D eigenvalue weighted by atomic mass is 10.1. The Morgan fingerprint density at radius 2 is 2.07 bits per heavy atom. The lowest BCUT2D eigenvalue weighted by molar-refractivity contribution is 0.0973. The van der Waals surface area contributed by atoms with Crippen molar-refractivity contribution in [3.63, 3.8) is 0 Å². The molecule has 3 N–H and O–H groups in total. The van der Waals surface area contributed by atoms with E-state index in [1.807, 2.05) is 6.92 Å². The summed E-state index contributed by atoms with van der Waals surface area (Å²) >= 11 is 1.31. The van der Waals surface area contributed by atoms with Gasteiger partial charge in [-0.15, -0.1) is 11.3 Å². The molecule has 0 atom stereocenters. The number of rotatable bonds is 4. The van der Waals surface area contributed by atoms with Crippen molar-refractivity contribution in [1.29, 1.82) is 0 Å². The van der Waals surface area contributed by atoms with Gasteiger partial charge in [-0.05, 0) is 30.7 Å². The zero-order valence-corrected chi connectivity index (χ0v) is 15.4. The second-order valence-corrected chi connectivity index (χ2v) is 6.92. The lowest BCUT2D eigenvalue weighted by Crippen LogP contribution is -2.26. The molecule has 140 valence electrons. The highest BCUT2D eigenvalue weighted by Gasteiger charge is 2.16. The van der Waals surface area contributed by atoms with E-state index >= 15 is 0 Å². The fourth-order valence-corrected chi connectivity index (χ4v) is 3.38. The van der Waals surface area contributed by atoms with Crippen molar-refractivity contribution < 1.29 is 14.0 Å². The van der Waals surface area contributed by atoms with Crippen LogP contribution in [-0.2, 0) is 0 Å². The number of aryl methyl sites for hydroxylation is 1. The minimum atomic E-state index is -0.663. The molecule has 0 aliphatic heterocycles. The molecule has 4 rings (SSSR count). The molecule has 0 bridgehead atoms. The van der Waals surface area contributed by atoms with Crippen molar-refractivity contribution in [3.8, 4) is 11.3 Å². The Hall–Kier alpha value is -3.72. The second-order valence-electron chi connectivity index (χ2n) is 6.04. The Morgan fingerprint density at radius 1 is 1.25 bits per heavy atom. The maximum Gasteiger partial charge on any atom is 0.284 e. The van der Waals surface area contributed by atoms with Crippen LogP contribution in [0.25, 0.3) is 16.3 Å². The third-order valence-corrected chi connectivity index (χ3v) is 4.98. The van der Waals surface area contributed by atoms with Gasteiger partial charge in [0.25, 0.3) is 17.4 Å². The van der Waals surface area contributed by atoms with Gasteiger partial charge in [0.15, 0.2) is 10.7 Å². The van der Waals surface area contributed by atoms with Gasteiger partial charge in [0.1, 0.15) is 11.3 Å². The number of furan rings is 1. The maximum atomic E-state index is 12.6. The first-order chi connectivity index (χ1) is 13.4. The van der Waals surface area contributed by atoms with Crippen LogP contribution in [0.5, 0.6) is 0 Å². The predicted molar refractivity (Wildman–Crippen MR) is 105 cm³/mol. The molecule has 0 aliphatic rings. The quantitative estimate of drug-likeness (QED) is 0.551. The van der Waals surface area contributed by atoms with E-state index in [2.05, 4.69) is 10.3 Å². The van der Waals surface area contributed by atoms with E-state index in [1.165, 1.54) is 28.0 Å². The van der Waals surface area contributed by atoms with E-state index in [-0.39, 0.29) is 11.3 Å². The Bertz CT molecular complexity index is 1280. The minimum Gasteiger partial charge on any atom is -0.451 e. The predicted octanol–water partition coefficient (Wildman–Crippen LogP) is 2.68. The Balaban J connectivity index is 1.66. The molecule has 28 heavy (non-hydrogen) atoms. The van der Waals surface area contributed by atoms with Gasteiger partial charge in [0.2, 0.25) is 0 Å². The number of hydrogen-bond donors (Lipinski definition) is 2. The molecule has 3 heterocycles. The maximum absolute atomic E-state index is 12.6. The molecule has 0 spiro atoms. The van der Waals surface area contributed by atoms with E-state index in [0.717, 1.165) is 5.56 Å². The normalized spacial score (nSPS) is 10.9. The van der Waals surface area contributed by atoms with E-state index < -0.39 is 17.4 Å². The fourth-order valence-electron chi connectivity index (χ4n) is 2.71. The van der Waals surface area contributed by atoms with Crippen molar-refractivity contribution in [1.82, 2.24) is 9.38 Å². The van der Waals surface area contributed by atoms with E-state index in [0.29, 0.717) is 22.0 Å². The zero-order valence-electron chi connectivity index (χ0n) is 14.6. The topological polar surface area (TPSA) is 120 Å². The van der Waals surface area contributed by atoms with Gasteiger partial charge in [-0.25, -0.2) is 4.98 Å². The molecule has 4 aromatic rings. The third-order valence-electron chi connectivity index (χ3n) is 4.21. The first-order valence-electron chi connectivity index (χ1n) is 8.21.